The van der Waals surface area contributed by atoms with Crippen LogP contribution in [0.5, 0.6) is 0 Å². The maximum atomic E-state index is 11.4. The number of methoxy groups -OCH3 is 1. The number of rotatable bonds is 4. The van der Waals surface area contributed by atoms with Gasteiger partial charge in [0.05, 0.1) is 6.10 Å². The van der Waals surface area contributed by atoms with Gasteiger partial charge >= 0.3 is 5.97 Å². The second-order valence-electron chi connectivity index (χ2n) is 3.53. The number of carboxylic acids is 1. The van der Waals surface area contributed by atoms with E-state index in [0.29, 0.717) is 6.42 Å². The van der Waals surface area contributed by atoms with Crippen molar-refractivity contribution in [1.82, 2.24) is 5.32 Å². The molecule has 0 bridgehead atoms. The molecule has 0 spiro atoms. The van der Waals surface area contributed by atoms with Gasteiger partial charge in [-0.1, -0.05) is 13.8 Å². The minimum atomic E-state index is -1.13. The van der Waals surface area contributed by atoms with E-state index < -0.39 is 36.9 Å². The highest BCUT2D eigenvalue weighted by Gasteiger charge is 2.32. The van der Waals surface area contributed by atoms with Crippen molar-refractivity contribution >= 4 is 11.9 Å². The molecule has 7 nitrogen and oxygen atoms in total. The average molecular weight is 263 g/mol. The fourth-order valence-corrected chi connectivity index (χ4v) is 1.46. The van der Waals surface area contributed by atoms with Crippen molar-refractivity contribution in [2.24, 2.45) is 0 Å². The molecule has 1 heterocycles. The van der Waals surface area contributed by atoms with E-state index in [1.165, 1.54) is 7.11 Å². The average Bonchev–Trinajstić information content (AvgIpc) is 2.37. The van der Waals surface area contributed by atoms with Gasteiger partial charge in [-0.2, -0.15) is 0 Å². The molecule has 0 radical (unpaired) electrons. The van der Waals surface area contributed by atoms with Crippen LogP contribution in [-0.2, 0) is 19.1 Å². The zero-order valence-corrected chi connectivity index (χ0v) is 10.9. The molecule has 0 saturated carbocycles. The first-order chi connectivity index (χ1) is 8.52. The largest absolute Gasteiger partial charge is 0.480 e. The highest BCUT2D eigenvalue weighted by Crippen LogP contribution is 2.20. The number of hydrogen-bond donors (Lipinski definition) is 3. The number of aliphatic carboxylic acids is 1. The van der Waals surface area contributed by atoms with Crippen LogP contribution in [-0.4, -0.2) is 54.2 Å². The number of carbonyl (C=O) groups is 2. The van der Waals surface area contributed by atoms with E-state index in [1.54, 1.807) is 0 Å². The smallest absolute Gasteiger partial charge is 0.322 e. The number of ether oxygens (including phenoxy) is 2. The molecule has 0 aromatic heterocycles. The van der Waals surface area contributed by atoms with Crippen LogP contribution in [0.2, 0.25) is 0 Å². The standard InChI is InChI=1S/C9H15NO6.C2H6/c1-15-8-3-5(11)2-6(16-8)9(14)10-4-7(12)13;1-2/h5-6,8,11H,2-4H2,1H3,(H,10,14)(H,12,13);1-2H3. The molecule has 106 valence electrons. The molecular weight excluding hydrogens is 242 g/mol. The van der Waals surface area contributed by atoms with Crippen LogP contribution < -0.4 is 5.32 Å². The lowest BCUT2D eigenvalue weighted by molar-refractivity contribution is -0.205. The Morgan fingerprint density at radius 3 is 2.50 bits per heavy atom. The van der Waals surface area contributed by atoms with Crippen molar-refractivity contribution in [3.8, 4) is 0 Å². The van der Waals surface area contributed by atoms with Gasteiger partial charge < -0.3 is 25.0 Å². The van der Waals surface area contributed by atoms with E-state index in [1.807, 2.05) is 13.8 Å². The monoisotopic (exact) mass is 263 g/mol. The van der Waals surface area contributed by atoms with E-state index in [0.717, 1.165) is 0 Å². The van der Waals surface area contributed by atoms with Crippen molar-refractivity contribution in [3.05, 3.63) is 0 Å². The lowest BCUT2D eigenvalue weighted by Crippen LogP contribution is -2.46. The van der Waals surface area contributed by atoms with Gasteiger partial charge in [0.2, 0.25) is 5.91 Å². The molecule has 1 fully saturated rings. The fourth-order valence-electron chi connectivity index (χ4n) is 1.46. The molecule has 3 atom stereocenters. The van der Waals surface area contributed by atoms with Gasteiger partial charge in [0.25, 0.3) is 0 Å². The van der Waals surface area contributed by atoms with E-state index in [9.17, 15) is 14.7 Å². The molecular formula is C11H21NO6. The number of aliphatic hydroxyl groups excluding tert-OH is 1. The topological polar surface area (TPSA) is 105 Å². The second-order valence-corrected chi connectivity index (χ2v) is 3.53. The quantitative estimate of drug-likeness (QED) is 0.644. The predicted octanol–water partition coefficient (Wildman–Crippen LogP) is -0.274. The Kier molecular flexibility index (Phi) is 8.27. The zero-order chi connectivity index (χ0) is 14.1. The third-order valence-electron chi connectivity index (χ3n) is 2.24. The summed E-state index contributed by atoms with van der Waals surface area (Å²) in [5.74, 6) is -1.68. The predicted molar refractivity (Wildman–Crippen MR) is 62.9 cm³/mol. The normalized spacial score (nSPS) is 26.8. The second kappa shape index (κ2) is 8.84. The van der Waals surface area contributed by atoms with Gasteiger partial charge in [0, 0.05) is 20.0 Å². The Labute approximate surface area is 106 Å². The lowest BCUT2D eigenvalue weighted by Gasteiger charge is -2.31. The molecule has 0 aliphatic carbocycles. The van der Waals surface area contributed by atoms with Crippen molar-refractivity contribution in [1.29, 1.82) is 0 Å². The summed E-state index contributed by atoms with van der Waals surface area (Å²) in [6.07, 6.45) is -1.73. The van der Waals surface area contributed by atoms with Crippen LogP contribution in [0.25, 0.3) is 0 Å². The number of carbonyl (C=O) groups excluding carboxylic acids is 1. The molecule has 7 heteroatoms. The minimum absolute atomic E-state index is 0.144. The number of carboxylic acid groups (broad SMARTS) is 1. The van der Waals surface area contributed by atoms with Crippen LogP contribution in [0.15, 0.2) is 0 Å². The summed E-state index contributed by atoms with van der Waals surface area (Å²) in [7, 11) is 1.41. The van der Waals surface area contributed by atoms with Crippen LogP contribution >= 0.6 is 0 Å². The number of nitrogens with one attached hydrogen (secondary N) is 1. The third-order valence-corrected chi connectivity index (χ3v) is 2.24. The van der Waals surface area contributed by atoms with Gasteiger partial charge in [-0.05, 0) is 0 Å². The van der Waals surface area contributed by atoms with Crippen LogP contribution in [0.4, 0.5) is 0 Å². The molecule has 1 saturated heterocycles. The van der Waals surface area contributed by atoms with Crippen LogP contribution in [0.3, 0.4) is 0 Å². The molecule has 3 N–H and O–H groups in total. The highest BCUT2D eigenvalue weighted by molar-refractivity contribution is 5.84. The zero-order valence-electron chi connectivity index (χ0n) is 10.9. The Hall–Kier alpha value is -1.18. The lowest BCUT2D eigenvalue weighted by atomic mass is 10.0. The Morgan fingerprint density at radius 2 is 2.00 bits per heavy atom. The summed E-state index contributed by atoms with van der Waals surface area (Å²) < 4.78 is 10.1. The summed E-state index contributed by atoms with van der Waals surface area (Å²) in [6, 6.07) is 0. The molecule has 1 amide bonds. The third kappa shape index (κ3) is 5.95. The maximum absolute atomic E-state index is 11.4. The van der Waals surface area contributed by atoms with Gasteiger partial charge in [0.1, 0.15) is 12.6 Å². The molecule has 0 aromatic rings. The van der Waals surface area contributed by atoms with Crippen molar-refractivity contribution in [2.75, 3.05) is 13.7 Å². The van der Waals surface area contributed by atoms with Crippen molar-refractivity contribution in [2.45, 2.75) is 45.2 Å². The number of hydrogen-bond acceptors (Lipinski definition) is 5. The Morgan fingerprint density at radius 1 is 1.39 bits per heavy atom. The molecule has 3 unspecified atom stereocenters. The summed E-state index contributed by atoms with van der Waals surface area (Å²) >= 11 is 0. The minimum Gasteiger partial charge on any atom is -0.480 e. The van der Waals surface area contributed by atoms with Gasteiger partial charge in [-0.15, -0.1) is 0 Å². The molecule has 0 aromatic carbocycles. The number of aliphatic hydroxyl groups is 1. The highest BCUT2D eigenvalue weighted by atomic mass is 16.7. The molecule has 1 rings (SSSR count). The van der Waals surface area contributed by atoms with Crippen LogP contribution in [0, 0.1) is 0 Å². The summed E-state index contributed by atoms with van der Waals surface area (Å²) in [5.41, 5.74) is 0. The van der Waals surface area contributed by atoms with Crippen molar-refractivity contribution < 1.29 is 29.3 Å². The first-order valence-electron chi connectivity index (χ1n) is 5.88. The molecule has 18 heavy (non-hydrogen) atoms. The summed E-state index contributed by atoms with van der Waals surface area (Å²) in [4.78, 5) is 21.7. The van der Waals surface area contributed by atoms with Crippen molar-refractivity contribution in [3.63, 3.8) is 0 Å². The maximum Gasteiger partial charge on any atom is 0.322 e. The van der Waals surface area contributed by atoms with Gasteiger partial charge in [0.15, 0.2) is 6.29 Å². The first kappa shape index (κ1) is 16.8. The van der Waals surface area contributed by atoms with E-state index in [-0.39, 0.29) is 6.42 Å². The van der Waals surface area contributed by atoms with E-state index in [4.69, 9.17) is 14.6 Å². The fraction of sp³-hybridized carbons (Fsp3) is 0.818. The summed E-state index contributed by atoms with van der Waals surface area (Å²) in [5, 5.41) is 20.0. The Bertz CT molecular complexity index is 270. The van der Waals surface area contributed by atoms with E-state index >= 15 is 0 Å². The Balaban J connectivity index is 0.00000137. The van der Waals surface area contributed by atoms with Gasteiger partial charge in [-0.3, -0.25) is 9.59 Å². The summed E-state index contributed by atoms with van der Waals surface area (Å²) in [6.45, 7) is 3.53. The molecule has 1 aliphatic heterocycles. The first-order valence-corrected chi connectivity index (χ1v) is 5.88. The molecule has 1 aliphatic rings. The number of amides is 1. The SMILES string of the molecule is CC.COC1CC(O)CC(C(=O)NCC(=O)O)O1. The van der Waals surface area contributed by atoms with Crippen LogP contribution in [0.1, 0.15) is 26.7 Å². The van der Waals surface area contributed by atoms with E-state index in [2.05, 4.69) is 5.32 Å². The van der Waals surface area contributed by atoms with Gasteiger partial charge in [-0.25, -0.2) is 0 Å².